The SMILES string of the molecule is COc1ccc2[nH]cc(C3NC(C(=O)O)CS3)c2c1. The quantitative estimate of drug-likeness (QED) is 0.800. The highest BCUT2D eigenvalue weighted by atomic mass is 32.2. The van der Waals surface area contributed by atoms with Gasteiger partial charge in [-0.2, -0.15) is 0 Å². The molecule has 1 aromatic heterocycles. The molecule has 2 aromatic rings. The average Bonchev–Trinajstić information content (AvgIpc) is 3.03. The number of methoxy groups -OCH3 is 1. The van der Waals surface area contributed by atoms with Crippen molar-refractivity contribution in [3.8, 4) is 5.75 Å². The van der Waals surface area contributed by atoms with Crippen LogP contribution in [0.15, 0.2) is 24.4 Å². The van der Waals surface area contributed by atoms with Crippen molar-refractivity contribution in [1.82, 2.24) is 10.3 Å². The predicted molar refractivity (Wildman–Crippen MR) is 74.6 cm³/mol. The molecule has 0 saturated carbocycles. The number of carbonyl (C=O) groups is 1. The Morgan fingerprint density at radius 2 is 2.37 bits per heavy atom. The van der Waals surface area contributed by atoms with E-state index < -0.39 is 12.0 Å². The number of aliphatic carboxylic acids is 1. The molecule has 3 rings (SSSR count). The van der Waals surface area contributed by atoms with Gasteiger partial charge in [0.25, 0.3) is 0 Å². The van der Waals surface area contributed by atoms with E-state index in [-0.39, 0.29) is 5.37 Å². The first kappa shape index (κ1) is 12.4. The molecule has 1 saturated heterocycles. The molecule has 1 aromatic carbocycles. The van der Waals surface area contributed by atoms with Gasteiger partial charge in [0.1, 0.15) is 11.8 Å². The smallest absolute Gasteiger partial charge is 0.321 e. The number of thioether (sulfide) groups is 1. The van der Waals surface area contributed by atoms with Crippen molar-refractivity contribution in [1.29, 1.82) is 0 Å². The van der Waals surface area contributed by atoms with Crippen molar-refractivity contribution in [2.45, 2.75) is 11.4 Å². The third kappa shape index (κ3) is 2.17. The van der Waals surface area contributed by atoms with Crippen LogP contribution in [0.25, 0.3) is 10.9 Å². The van der Waals surface area contributed by atoms with Crippen LogP contribution in [-0.4, -0.2) is 35.0 Å². The fourth-order valence-electron chi connectivity index (χ4n) is 2.26. The number of rotatable bonds is 3. The first-order valence-corrected chi connectivity index (χ1v) is 6.99. The van der Waals surface area contributed by atoms with E-state index in [9.17, 15) is 4.79 Å². The highest BCUT2D eigenvalue weighted by molar-refractivity contribution is 7.99. The minimum absolute atomic E-state index is 0.00181. The van der Waals surface area contributed by atoms with Crippen LogP contribution >= 0.6 is 11.8 Å². The maximum absolute atomic E-state index is 11.0. The van der Waals surface area contributed by atoms with Crippen molar-refractivity contribution >= 4 is 28.6 Å². The van der Waals surface area contributed by atoms with Crippen molar-refractivity contribution in [2.24, 2.45) is 0 Å². The lowest BCUT2D eigenvalue weighted by atomic mass is 10.1. The summed E-state index contributed by atoms with van der Waals surface area (Å²) in [7, 11) is 1.64. The Morgan fingerprint density at radius 1 is 1.53 bits per heavy atom. The van der Waals surface area contributed by atoms with Crippen molar-refractivity contribution in [2.75, 3.05) is 12.9 Å². The largest absolute Gasteiger partial charge is 0.497 e. The zero-order chi connectivity index (χ0) is 13.4. The minimum Gasteiger partial charge on any atom is -0.497 e. The highest BCUT2D eigenvalue weighted by Gasteiger charge is 2.31. The Kier molecular flexibility index (Phi) is 3.12. The number of hydrogen-bond donors (Lipinski definition) is 3. The summed E-state index contributed by atoms with van der Waals surface area (Å²) >= 11 is 1.61. The Bertz CT molecular complexity index is 625. The molecule has 100 valence electrons. The van der Waals surface area contributed by atoms with Gasteiger partial charge in [0.15, 0.2) is 0 Å². The first-order chi connectivity index (χ1) is 9.19. The summed E-state index contributed by atoms with van der Waals surface area (Å²) in [4.78, 5) is 14.2. The summed E-state index contributed by atoms with van der Waals surface area (Å²) < 4.78 is 5.23. The molecule has 0 aliphatic carbocycles. The van der Waals surface area contributed by atoms with Gasteiger partial charge in [-0.15, -0.1) is 11.8 Å². The van der Waals surface area contributed by atoms with Gasteiger partial charge < -0.3 is 14.8 Å². The fraction of sp³-hybridized carbons (Fsp3) is 0.308. The lowest BCUT2D eigenvalue weighted by Crippen LogP contribution is -2.33. The first-order valence-electron chi connectivity index (χ1n) is 5.94. The maximum atomic E-state index is 11.0. The van der Waals surface area contributed by atoms with Crippen molar-refractivity contribution < 1.29 is 14.6 Å². The molecule has 2 unspecified atom stereocenters. The van der Waals surface area contributed by atoms with E-state index in [0.29, 0.717) is 5.75 Å². The Balaban J connectivity index is 1.95. The molecule has 0 bridgehead atoms. The molecule has 0 spiro atoms. The van der Waals surface area contributed by atoms with Crippen LogP contribution in [0, 0.1) is 0 Å². The van der Waals surface area contributed by atoms with Gasteiger partial charge in [-0.3, -0.25) is 10.1 Å². The lowest BCUT2D eigenvalue weighted by molar-refractivity contribution is -0.138. The molecule has 0 radical (unpaired) electrons. The number of carboxylic acids is 1. The summed E-state index contributed by atoms with van der Waals surface area (Å²) in [6.45, 7) is 0. The average molecular weight is 278 g/mol. The summed E-state index contributed by atoms with van der Waals surface area (Å²) in [5.41, 5.74) is 2.10. The number of aromatic amines is 1. The molecule has 2 heterocycles. The second-order valence-electron chi connectivity index (χ2n) is 4.43. The van der Waals surface area contributed by atoms with Gasteiger partial charge in [-0.1, -0.05) is 0 Å². The van der Waals surface area contributed by atoms with Gasteiger partial charge in [-0.05, 0) is 18.2 Å². The van der Waals surface area contributed by atoms with E-state index in [4.69, 9.17) is 9.84 Å². The van der Waals surface area contributed by atoms with Crippen molar-refractivity contribution in [3.63, 3.8) is 0 Å². The Labute approximate surface area is 114 Å². The number of H-pyrrole nitrogens is 1. The van der Waals surface area contributed by atoms with Gasteiger partial charge >= 0.3 is 5.97 Å². The molecule has 3 N–H and O–H groups in total. The highest BCUT2D eigenvalue weighted by Crippen LogP contribution is 2.37. The molecular weight excluding hydrogens is 264 g/mol. The van der Waals surface area contributed by atoms with E-state index >= 15 is 0 Å². The fourth-order valence-corrected chi connectivity index (χ4v) is 3.52. The predicted octanol–water partition coefficient (Wildman–Crippen LogP) is 1.96. The monoisotopic (exact) mass is 278 g/mol. The van der Waals surface area contributed by atoms with Gasteiger partial charge in [-0.25, -0.2) is 0 Å². The second kappa shape index (κ2) is 4.79. The van der Waals surface area contributed by atoms with E-state index in [2.05, 4.69) is 10.3 Å². The van der Waals surface area contributed by atoms with Crippen molar-refractivity contribution in [3.05, 3.63) is 30.0 Å². The standard InChI is InChI=1S/C13H14N2O3S/c1-18-7-2-3-10-8(4-7)9(5-14-10)12-15-11(6-19-12)13(16)17/h2-5,11-12,14-15H,6H2,1H3,(H,16,17). The number of hydrogen-bond acceptors (Lipinski definition) is 4. The maximum Gasteiger partial charge on any atom is 0.321 e. The molecule has 2 atom stereocenters. The molecule has 1 aliphatic heterocycles. The molecule has 6 heteroatoms. The van der Waals surface area contributed by atoms with Crippen LogP contribution in [0.3, 0.4) is 0 Å². The van der Waals surface area contributed by atoms with Crippen LogP contribution in [0.1, 0.15) is 10.9 Å². The Morgan fingerprint density at radius 3 is 3.05 bits per heavy atom. The van der Waals surface area contributed by atoms with E-state index in [1.54, 1.807) is 18.9 Å². The summed E-state index contributed by atoms with van der Waals surface area (Å²) in [5.74, 6) is 0.579. The minimum atomic E-state index is -0.799. The third-order valence-corrected chi connectivity index (χ3v) is 4.53. The summed E-state index contributed by atoms with van der Waals surface area (Å²) in [5, 5.41) is 13.2. The number of nitrogens with one attached hydrogen (secondary N) is 2. The molecular formula is C13H14N2O3S. The molecule has 0 amide bonds. The molecule has 1 aliphatic rings. The zero-order valence-corrected chi connectivity index (χ0v) is 11.2. The van der Waals surface area contributed by atoms with Gasteiger partial charge in [0, 0.05) is 28.4 Å². The molecule has 19 heavy (non-hydrogen) atoms. The van der Waals surface area contributed by atoms with Crippen LogP contribution in [0.2, 0.25) is 0 Å². The van der Waals surface area contributed by atoms with Crippen LogP contribution in [-0.2, 0) is 4.79 Å². The summed E-state index contributed by atoms with van der Waals surface area (Å²) in [6, 6.07) is 5.35. The van der Waals surface area contributed by atoms with Gasteiger partial charge in [0.05, 0.1) is 12.5 Å². The van der Waals surface area contributed by atoms with Crippen LogP contribution in [0.4, 0.5) is 0 Å². The summed E-state index contributed by atoms with van der Waals surface area (Å²) in [6.07, 6.45) is 1.93. The lowest BCUT2D eigenvalue weighted by Gasteiger charge is -2.10. The number of benzene rings is 1. The van der Waals surface area contributed by atoms with E-state index in [1.165, 1.54) is 0 Å². The van der Waals surface area contributed by atoms with Gasteiger partial charge in [0.2, 0.25) is 0 Å². The number of aromatic nitrogens is 1. The number of fused-ring (bicyclic) bond motifs is 1. The topological polar surface area (TPSA) is 74.3 Å². The number of ether oxygens (including phenoxy) is 1. The normalized spacial score (nSPS) is 22.8. The second-order valence-corrected chi connectivity index (χ2v) is 5.56. The number of carboxylic acid groups (broad SMARTS) is 1. The van der Waals surface area contributed by atoms with E-state index in [0.717, 1.165) is 22.2 Å². The van der Waals surface area contributed by atoms with Crippen LogP contribution in [0.5, 0.6) is 5.75 Å². The third-order valence-electron chi connectivity index (χ3n) is 3.28. The Hall–Kier alpha value is -1.66. The van der Waals surface area contributed by atoms with Crippen LogP contribution < -0.4 is 10.1 Å². The zero-order valence-electron chi connectivity index (χ0n) is 10.3. The molecule has 5 nitrogen and oxygen atoms in total. The molecule has 1 fully saturated rings. The van der Waals surface area contributed by atoms with E-state index in [1.807, 2.05) is 24.4 Å².